The third-order valence-electron chi connectivity index (χ3n) is 2.86. The minimum absolute atomic E-state index is 0.0607. The van der Waals surface area contributed by atoms with Gasteiger partial charge in [0, 0.05) is 32.6 Å². The predicted octanol–water partition coefficient (Wildman–Crippen LogP) is 1.11. The van der Waals surface area contributed by atoms with E-state index in [1.807, 2.05) is 0 Å². The first-order chi connectivity index (χ1) is 7.95. The fraction of sp³-hybridized carbons (Fsp3) is 0.889. The van der Waals surface area contributed by atoms with Gasteiger partial charge in [-0.25, -0.2) is 9.34 Å². The second kappa shape index (κ2) is 5.91. The highest BCUT2D eigenvalue weighted by Crippen LogP contribution is 2.52. The molecule has 0 N–H and O–H groups in total. The summed E-state index contributed by atoms with van der Waals surface area (Å²) in [6.45, 7) is 3.40. The minimum atomic E-state index is -3.55. The lowest BCUT2D eigenvalue weighted by Gasteiger charge is -2.38. The molecule has 0 spiro atoms. The van der Waals surface area contributed by atoms with Gasteiger partial charge in [-0.3, -0.25) is 9.36 Å². The number of halogens is 1. The first-order valence-electron chi connectivity index (χ1n) is 5.57. The Balaban J connectivity index is 2.63. The molecule has 0 aromatic carbocycles. The molecule has 1 fully saturated rings. The summed E-state index contributed by atoms with van der Waals surface area (Å²) in [7, 11) is -0.543. The number of piperazine rings is 1. The van der Waals surface area contributed by atoms with Crippen LogP contribution < -0.4 is 0 Å². The Morgan fingerprint density at radius 3 is 2.24 bits per heavy atom. The Kier molecular flexibility index (Phi) is 5.06. The van der Waals surface area contributed by atoms with E-state index in [-0.39, 0.29) is 5.91 Å². The molecule has 100 valence electrons. The zero-order chi connectivity index (χ0) is 13.1. The Bertz CT molecular complexity index is 319. The van der Waals surface area contributed by atoms with Crippen molar-refractivity contribution in [3.8, 4) is 0 Å². The highest BCUT2D eigenvalue weighted by atomic mass is 31.2. The Morgan fingerprint density at radius 1 is 1.35 bits per heavy atom. The molecule has 1 aliphatic rings. The standard InChI is InChI=1S/C9H19FN3O3P/c1-4-9(14)12-5-7-13(8-6-12)17(15,16-10)11(2)3/h4-8H2,1-3H3. The Hall–Kier alpha value is -0.490. The summed E-state index contributed by atoms with van der Waals surface area (Å²) in [5.41, 5.74) is 0. The Labute approximate surface area is 101 Å². The third kappa shape index (κ3) is 3.04. The molecule has 0 radical (unpaired) electrons. The zero-order valence-electron chi connectivity index (χ0n) is 10.4. The fourth-order valence-corrected chi connectivity index (χ4v) is 3.18. The van der Waals surface area contributed by atoms with Gasteiger partial charge >= 0.3 is 7.67 Å². The van der Waals surface area contributed by atoms with E-state index in [1.165, 1.54) is 23.4 Å². The number of rotatable bonds is 4. The van der Waals surface area contributed by atoms with Crippen molar-refractivity contribution in [1.82, 2.24) is 14.2 Å². The maximum absolute atomic E-state index is 12.5. The average molecular weight is 267 g/mol. The summed E-state index contributed by atoms with van der Waals surface area (Å²) in [5.74, 6) is 0.0607. The summed E-state index contributed by atoms with van der Waals surface area (Å²) < 4.78 is 31.0. The van der Waals surface area contributed by atoms with Crippen LogP contribution in [0.4, 0.5) is 4.53 Å². The van der Waals surface area contributed by atoms with Crippen molar-refractivity contribution in [2.24, 2.45) is 0 Å². The van der Waals surface area contributed by atoms with E-state index in [1.54, 1.807) is 11.8 Å². The van der Waals surface area contributed by atoms with E-state index >= 15 is 0 Å². The van der Waals surface area contributed by atoms with E-state index in [0.717, 1.165) is 0 Å². The summed E-state index contributed by atoms with van der Waals surface area (Å²) in [5, 5.41) is 0. The summed E-state index contributed by atoms with van der Waals surface area (Å²) in [6, 6.07) is 0. The summed E-state index contributed by atoms with van der Waals surface area (Å²) in [4.78, 5) is 13.1. The number of carbonyl (C=O) groups is 1. The van der Waals surface area contributed by atoms with E-state index < -0.39 is 7.67 Å². The molecule has 0 aliphatic carbocycles. The van der Waals surface area contributed by atoms with E-state index in [9.17, 15) is 13.9 Å². The molecule has 1 aliphatic heterocycles. The van der Waals surface area contributed by atoms with Gasteiger partial charge in [-0.1, -0.05) is 6.92 Å². The molecule has 1 heterocycles. The van der Waals surface area contributed by atoms with Crippen LogP contribution in [0.25, 0.3) is 0 Å². The molecule has 6 nitrogen and oxygen atoms in total. The molecule has 1 saturated heterocycles. The smallest absolute Gasteiger partial charge is 0.340 e. The molecule has 8 heteroatoms. The van der Waals surface area contributed by atoms with Crippen molar-refractivity contribution < 1.29 is 18.6 Å². The molecule has 0 saturated carbocycles. The topological polar surface area (TPSA) is 53.1 Å². The maximum Gasteiger partial charge on any atom is 0.378 e. The highest BCUT2D eigenvalue weighted by molar-refractivity contribution is 7.53. The second-order valence-electron chi connectivity index (χ2n) is 4.09. The molecular weight excluding hydrogens is 248 g/mol. The van der Waals surface area contributed by atoms with Gasteiger partial charge in [0.2, 0.25) is 5.91 Å². The van der Waals surface area contributed by atoms with Crippen molar-refractivity contribution in [1.29, 1.82) is 0 Å². The maximum atomic E-state index is 12.5. The highest BCUT2D eigenvalue weighted by Gasteiger charge is 2.38. The van der Waals surface area contributed by atoms with Crippen LogP contribution in [0.1, 0.15) is 13.3 Å². The van der Waals surface area contributed by atoms with E-state index in [2.05, 4.69) is 4.73 Å². The number of hydrogen-bond acceptors (Lipinski definition) is 3. The lowest BCUT2D eigenvalue weighted by atomic mass is 10.3. The van der Waals surface area contributed by atoms with Gasteiger partial charge in [-0.15, -0.1) is 4.73 Å². The average Bonchev–Trinajstić information content (AvgIpc) is 2.36. The van der Waals surface area contributed by atoms with Crippen molar-refractivity contribution in [3.05, 3.63) is 0 Å². The molecule has 1 amide bonds. The lowest BCUT2D eigenvalue weighted by molar-refractivity contribution is -0.132. The van der Waals surface area contributed by atoms with Crippen LogP contribution >= 0.6 is 7.67 Å². The predicted molar refractivity (Wildman–Crippen MR) is 61.9 cm³/mol. The molecule has 0 aromatic rings. The number of carbonyl (C=O) groups excluding carboxylic acids is 1. The number of hydrogen-bond donors (Lipinski definition) is 0. The molecule has 1 rings (SSSR count). The van der Waals surface area contributed by atoms with Crippen LogP contribution in [0.5, 0.6) is 0 Å². The summed E-state index contributed by atoms with van der Waals surface area (Å²) in [6.07, 6.45) is 0.449. The quantitative estimate of drug-likeness (QED) is 0.714. The van der Waals surface area contributed by atoms with Gasteiger partial charge in [-0.05, 0) is 18.6 Å². The van der Waals surface area contributed by atoms with Crippen molar-refractivity contribution in [3.63, 3.8) is 0 Å². The third-order valence-corrected chi connectivity index (χ3v) is 5.17. The van der Waals surface area contributed by atoms with Crippen molar-refractivity contribution >= 4 is 13.6 Å². The molecule has 0 aromatic heterocycles. The second-order valence-corrected chi connectivity index (χ2v) is 6.58. The molecule has 1 unspecified atom stereocenters. The van der Waals surface area contributed by atoms with E-state index in [0.29, 0.717) is 32.6 Å². The lowest BCUT2D eigenvalue weighted by Crippen LogP contribution is -2.48. The van der Waals surface area contributed by atoms with Crippen LogP contribution in [0.2, 0.25) is 0 Å². The minimum Gasteiger partial charge on any atom is -0.340 e. The molecule has 1 atom stereocenters. The monoisotopic (exact) mass is 267 g/mol. The van der Waals surface area contributed by atoms with E-state index in [4.69, 9.17) is 0 Å². The molecule has 17 heavy (non-hydrogen) atoms. The SMILES string of the molecule is CCC(=O)N1CCN(P(=O)(OF)N(C)C)CC1. The van der Waals surface area contributed by atoms with Crippen LogP contribution in [-0.2, 0) is 14.1 Å². The first-order valence-corrected chi connectivity index (χ1v) is 7.10. The van der Waals surface area contributed by atoms with Crippen molar-refractivity contribution in [2.45, 2.75) is 13.3 Å². The summed E-state index contributed by atoms with van der Waals surface area (Å²) >= 11 is 0. The van der Waals surface area contributed by atoms with Crippen LogP contribution in [0.15, 0.2) is 0 Å². The molecule has 0 bridgehead atoms. The molecular formula is C9H19FN3O3P. The van der Waals surface area contributed by atoms with Gasteiger partial charge in [0.05, 0.1) is 0 Å². The van der Waals surface area contributed by atoms with Gasteiger partial charge in [0.25, 0.3) is 0 Å². The first kappa shape index (κ1) is 14.6. The zero-order valence-corrected chi connectivity index (χ0v) is 11.3. The van der Waals surface area contributed by atoms with Crippen LogP contribution in [0, 0.1) is 0 Å². The fourth-order valence-electron chi connectivity index (χ4n) is 1.78. The van der Waals surface area contributed by atoms with Gasteiger partial charge in [0.1, 0.15) is 0 Å². The Morgan fingerprint density at radius 2 is 1.88 bits per heavy atom. The number of nitrogens with zero attached hydrogens (tertiary/aromatic N) is 3. The van der Waals surface area contributed by atoms with Crippen LogP contribution in [0.3, 0.4) is 0 Å². The van der Waals surface area contributed by atoms with Crippen molar-refractivity contribution in [2.75, 3.05) is 40.3 Å². The number of amides is 1. The van der Waals surface area contributed by atoms with Crippen LogP contribution in [-0.4, -0.2) is 60.4 Å². The normalized spacial score (nSPS) is 21.6. The van der Waals surface area contributed by atoms with Gasteiger partial charge in [-0.2, -0.15) is 0 Å². The van der Waals surface area contributed by atoms with Gasteiger partial charge in [0.15, 0.2) is 0 Å². The largest absolute Gasteiger partial charge is 0.378 e. The van der Waals surface area contributed by atoms with Gasteiger partial charge < -0.3 is 4.90 Å².